The van der Waals surface area contributed by atoms with E-state index in [1.807, 2.05) is 18.2 Å². The fourth-order valence-electron chi connectivity index (χ4n) is 2.88. The monoisotopic (exact) mass is 325 g/mol. The Morgan fingerprint density at radius 2 is 2.13 bits per heavy atom. The molecule has 0 bridgehead atoms. The van der Waals surface area contributed by atoms with E-state index in [2.05, 4.69) is 4.98 Å². The molecule has 5 heteroatoms. The van der Waals surface area contributed by atoms with Crippen LogP contribution in [-0.4, -0.2) is 10.9 Å². The van der Waals surface area contributed by atoms with Gasteiger partial charge in [0.15, 0.2) is 0 Å². The molecule has 1 saturated carbocycles. The fourth-order valence-corrected chi connectivity index (χ4v) is 3.10. The van der Waals surface area contributed by atoms with Crippen LogP contribution in [0.15, 0.2) is 36.7 Å². The number of hydrogen-bond donors (Lipinski definition) is 1. The number of primary amides is 1. The Kier molecular flexibility index (Phi) is 4.31. The molecule has 1 heterocycles. The summed E-state index contributed by atoms with van der Waals surface area (Å²) in [5.41, 5.74) is 8.69. The summed E-state index contributed by atoms with van der Waals surface area (Å²) >= 11 is 6.11. The van der Waals surface area contributed by atoms with Gasteiger partial charge in [0.1, 0.15) is 6.07 Å². The lowest BCUT2D eigenvalue weighted by Crippen LogP contribution is -2.16. The van der Waals surface area contributed by atoms with Crippen molar-refractivity contribution in [2.75, 3.05) is 0 Å². The molecular weight excluding hydrogens is 310 g/mol. The standard InChI is InChI=1S/C18H16ClN3O/c19-17-6-12(3-4-13(17)8-20)14-5-15(10-22-9-14)16(7-18(21)23)11-1-2-11/h3-6,9-11,16H,1-2,7H2,(H2,21,23). The smallest absolute Gasteiger partial charge is 0.218 e. The quantitative estimate of drug-likeness (QED) is 0.911. The van der Waals surface area contributed by atoms with Gasteiger partial charge in [-0.2, -0.15) is 5.26 Å². The molecule has 1 aliphatic rings. The van der Waals surface area contributed by atoms with Crippen molar-refractivity contribution < 1.29 is 4.79 Å². The summed E-state index contributed by atoms with van der Waals surface area (Å²) in [6.07, 6.45) is 6.18. The number of nitriles is 1. The van der Waals surface area contributed by atoms with Crippen LogP contribution >= 0.6 is 11.6 Å². The molecule has 1 aliphatic carbocycles. The first kappa shape index (κ1) is 15.5. The second kappa shape index (κ2) is 6.39. The molecular formula is C18H16ClN3O. The van der Waals surface area contributed by atoms with Crippen LogP contribution in [0.2, 0.25) is 5.02 Å². The molecule has 0 spiro atoms. The third-order valence-corrected chi connectivity index (χ3v) is 4.54. The van der Waals surface area contributed by atoms with Gasteiger partial charge in [0.05, 0.1) is 10.6 Å². The summed E-state index contributed by atoms with van der Waals surface area (Å²) in [5.74, 6) is 0.367. The minimum atomic E-state index is -0.284. The molecule has 4 nitrogen and oxygen atoms in total. The summed E-state index contributed by atoms with van der Waals surface area (Å²) in [5, 5.41) is 9.38. The van der Waals surface area contributed by atoms with Gasteiger partial charge < -0.3 is 5.73 Å². The Balaban J connectivity index is 1.94. The van der Waals surface area contributed by atoms with Gasteiger partial charge in [0.2, 0.25) is 5.91 Å². The van der Waals surface area contributed by atoms with Crippen LogP contribution in [0.5, 0.6) is 0 Å². The molecule has 1 atom stereocenters. The number of aromatic nitrogens is 1. The van der Waals surface area contributed by atoms with Gasteiger partial charge in [-0.1, -0.05) is 17.7 Å². The molecule has 1 aromatic carbocycles. The molecule has 1 amide bonds. The first-order valence-electron chi connectivity index (χ1n) is 7.51. The van der Waals surface area contributed by atoms with Crippen LogP contribution in [0.1, 0.15) is 36.3 Å². The Hall–Kier alpha value is -2.38. The Morgan fingerprint density at radius 1 is 1.35 bits per heavy atom. The predicted octanol–water partition coefficient (Wildman–Crippen LogP) is 3.64. The third-order valence-electron chi connectivity index (χ3n) is 4.22. The zero-order valence-corrected chi connectivity index (χ0v) is 13.3. The number of amides is 1. The molecule has 1 aromatic heterocycles. The van der Waals surface area contributed by atoms with E-state index in [4.69, 9.17) is 22.6 Å². The summed E-state index contributed by atoms with van der Waals surface area (Å²) in [6, 6.07) is 9.41. The highest BCUT2D eigenvalue weighted by atomic mass is 35.5. The molecule has 0 aliphatic heterocycles. The number of carbonyl (C=O) groups excluding carboxylic acids is 1. The van der Waals surface area contributed by atoms with Crippen LogP contribution in [-0.2, 0) is 4.79 Å². The molecule has 2 aromatic rings. The molecule has 0 radical (unpaired) electrons. The maximum absolute atomic E-state index is 11.3. The Labute approximate surface area is 139 Å². The normalized spacial score (nSPS) is 15.0. The van der Waals surface area contributed by atoms with Crippen molar-refractivity contribution in [1.82, 2.24) is 4.98 Å². The van der Waals surface area contributed by atoms with Gasteiger partial charge in [-0.15, -0.1) is 0 Å². The summed E-state index contributed by atoms with van der Waals surface area (Å²) < 4.78 is 0. The summed E-state index contributed by atoms with van der Waals surface area (Å²) in [6.45, 7) is 0. The number of hydrogen-bond acceptors (Lipinski definition) is 3. The number of rotatable bonds is 5. The van der Waals surface area contributed by atoms with Crippen LogP contribution in [0.25, 0.3) is 11.1 Å². The second-order valence-electron chi connectivity index (χ2n) is 5.93. The van der Waals surface area contributed by atoms with E-state index < -0.39 is 0 Å². The number of nitrogens with two attached hydrogens (primary N) is 1. The SMILES string of the molecule is N#Cc1ccc(-c2cncc(C(CC(N)=O)C3CC3)c2)cc1Cl. The van der Waals surface area contributed by atoms with E-state index >= 15 is 0 Å². The van der Waals surface area contributed by atoms with Crippen molar-refractivity contribution in [3.63, 3.8) is 0 Å². The number of carbonyl (C=O) groups is 1. The maximum atomic E-state index is 11.3. The van der Waals surface area contributed by atoms with Crippen molar-refractivity contribution in [3.8, 4) is 17.2 Å². The minimum absolute atomic E-state index is 0.133. The molecule has 3 rings (SSSR count). The van der Waals surface area contributed by atoms with Crippen molar-refractivity contribution >= 4 is 17.5 Å². The van der Waals surface area contributed by atoms with E-state index in [0.717, 1.165) is 29.5 Å². The topological polar surface area (TPSA) is 79.8 Å². The average molecular weight is 326 g/mol. The number of nitrogens with zero attached hydrogens (tertiary/aromatic N) is 2. The van der Waals surface area contributed by atoms with Crippen LogP contribution in [0.4, 0.5) is 0 Å². The van der Waals surface area contributed by atoms with Gasteiger partial charge in [0.25, 0.3) is 0 Å². The summed E-state index contributed by atoms with van der Waals surface area (Å²) in [4.78, 5) is 15.7. The van der Waals surface area contributed by atoms with Crippen LogP contribution in [0, 0.1) is 17.2 Å². The molecule has 116 valence electrons. The predicted molar refractivity (Wildman–Crippen MR) is 88.7 cm³/mol. The lowest BCUT2D eigenvalue weighted by Gasteiger charge is -2.15. The zero-order valence-electron chi connectivity index (χ0n) is 12.5. The first-order chi connectivity index (χ1) is 11.1. The largest absolute Gasteiger partial charge is 0.370 e. The van der Waals surface area contributed by atoms with Crippen molar-refractivity contribution in [1.29, 1.82) is 5.26 Å². The fraction of sp³-hybridized carbons (Fsp3) is 0.278. The van der Waals surface area contributed by atoms with Gasteiger partial charge in [-0.05, 0) is 54.0 Å². The molecule has 1 fully saturated rings. The lowest BCUT2D eigenvalue weighted by atomic mass is 9.90. The van der Waals surface area contributed by atoms with E-state index in [1.165, 1.54) is 0 Å². The first-order valence-corrected chi connectivity index (χ1v) is 7.89. The van der Waals surface area contributed by atoms with Crippen molar-refractivity contribution in [2.24, 2.45) is 11.7 Å². The molecule has 0 saturated heterocycles. The highest BCUT2D eigenvalue weighted by molar-refractivity contribution is 6.32. The lowest BCUT2D eigenvalue weighted by molar-refractivity contribution is -0.118. The van der Waals surface area contributed by atoms with Gasteiger partial charge in [-0.25, -0.2) is 0 Å². The van der Waals surface area contributed by atoms with E-state index in [9.17, 15) is 4.79 Å². The number of halogens is 1. The van der Waals surface area contributed by atoms with Crippen LogP contribution < -0.4 is 5.73 Å². The van der Waals surface area contributed by atoms with Crippen molar-refractivity contribution in [3.05, 3.63) is 52.8 Å². The van der Waals surface area contributed by atoms with Gasteiger partial charge in [-0.3, -0.25) is 9.78 Å². The molecule has 2 N–H and O–H groups in total. The van der Waals surface area contributed by atoms with Crippen LogP contribution in [0.3, 0.4) is 0 Å². The zero-order chi connectivity index (χ0) is 16.4. The van der Waals surface area contributed by atoms with E-state index in [-0.39, 0.29) is 11.8 Å². The summed E-state index contributed by atoms with van der Waals surface area (Å²) in [7, 11) is 0. The highest BCUT2D eigenvalue weighted by Gasteiger charge is 2.33. The minimum Gasteiger partial charge on any atom is -0.370 e. The molecule has 23 heavy (non-hydrogen) atoms. The van der Waals surface area contributed by atoms with Gasteiger partial charge in [0, 0.05) is 24.4 Å². The number of pyridine rings is 1. The average Bonchev–Trinajstić information content (AvgIpc) is 3.37. The van der Waals surface area contributed by atoms with Crippen molar-refractivity contribution in [2.45, 2.75) is 25.2 Å². The van der Waals surface area contributed by atoms with E-state index in [0.29, 0.717) is 22.9 Å². The van der Waals surface area contributed by atoms with E-state index in [1.54, 1.807) is 24.5 Å². The number of benzene rings is 1. The van der Waals surface area contributed by atoms with Gasteiger partial charge >= 0.3 is 0 Å². The highest BCUT2D eigenvalue weighted by Crippen LogP contribution is 2.44. The second-order valence-corrected chi connectivity index (χ2v) is 6.33. The Morgan fingerprint density at radius 3 is 2.74 bits per heavy atom. The third kappa shape index (κ3) is 3.52. The molecule has 1 unspecified atom stereocenters. The maximum Gasteiger partial charge on any atom is 0.218 e. The Bertz CT molecular complexity index is 793.